The lowest BCUT2D eigenvalue weighted by Crippen LogP contribution is -2.45. The van der Waals surface area contributed by atoms with Gasteiger partial charge in [-0.15, -0.1) is 11.3 Å². The fourth-order valence-electron chi connectivity index (χ4n) is 2.58. The van der Waals surface area contributed by atoms with E-state index in [-0.39, 0.29) is 5.91 Å². The summed E-state index contributed by atoms with van der Waals surface area (Å²) in [5, 5.41) is 4.32. The molecule has 5 heteroatoms. The van der Waals surface area contributed by atoms with Gasteiger partial charge in [0.1, 0.15) is 0 Å². The zero-order valence-electron chi connectivity index (χ0n) is 11.1. The Balaban J connectivity index is 1.85. The number of thiazole rings is 1. The Morgan fingerprint density at radius 3 is 2.55 bits per heavy atom. The Labute approximate surface area is 127 Å². The summed E-state index contributed by atoms with van der Waals surface area (Å²) in [5.41, 5.74) is 0.628. The monoisotopic (exact) mass is 306 g/mol. The van der Waals surface area contributed by atoms with Crippen LogP contribution >= 0.6 is 22.9 Å². The molecule has 1 aromatic heterocycles. The molecule has 0 saturated heterocycles. The molecule has 1 aliphatic rings. The highest BCUT2D eigenvalue weighted by Gasteiger charge is 2.45. The van der Waals surface area contributed by atoms with Crippen LogP contribution in [0.1, 0.15) is 29.7 Å². The minimum atomic E-state index is -0.413. The van der Waals surface area contributed by atoms with Gasteiger partial charge in [-0.05, 0) is 37.5 Å². The minimum Gasteiger partial charge on any atom is -0.301 e. The molecule has 0 unspecified atom stereocenters. The molecule has 1 amide bonds. The largest absolute Gasteiger partial charge is 0.301 e. The summed E-state index contributed by atoms with van der Waals surface area (Å²) >= 11 is 7.43. The Morgan fingerprint density at radius 2 is 2.05 bits per heavy atom. The van der Waals surface area contributed by atoms with Gasteiger partial charge in [-0.25, -0.2) is 4.98 Å². The average molecular weight is 307 g/mol. The Kier molecular flexibility index (Phi) is 3.52. The molecule has 20 heavy (non-hydrogen) atoms. The first kappa shape index (κ1) is 13.6. The van der Waals surface area contributed by atoms with E-state index in [4.69, 9.17) is 11.6 Å². The molecule has 1 fully saturated rings. The Hall–Kier alpha value is -1.39. The first-order valence-electron chi connectivity index (χ1n) is 6.60. The van der Waals surface area contributed by atoms with Crippen LogP contribution in [-0.4, -0.2) is 10.9 Å². The molecule has 2 aromatic rings. The molecule has 0 atom stereocenters. The lowest BCUT2D eigenvalue weighted by atomic mass is 9.64. The fourth-order valence-corrected chi connectivity index (χ4v) is 3.36. The number of nitrogens with zero attached hydrogens (tertiary/aromatic N) is 1. The normalized spacial score (nSPS) is 16.5. The maximum atomic E-state index is 12.6. The van der Waals surface area contributed by atoms with Gasteiger partial charge in [0.15, 0.2) is 5.13 Å². The van der Waals surface area contributed by atoms with Crippen molar-refractivity contribution in [1.82, 2.24) is 4.98 Å². The van der Waals surface area contributed by atoms with Gasteiger partial charge in [0.25, 0.3) is 0 Å². The third kappa shape index (κ3) is 2.34. The van der Waals surface area contributed by atoms with Crippen LogP contribution in [-0.2, 0) is 10.2 Å². The number of hydrogen-bond donors (Lipinski definition) is 1. The van der Waals surface area contributed by atoms with Gasteiger partial charge in [-0.1, -0.05) is 30.2 Å². The van der Waals surface area contributed by atoms with Crippen molar-refractivity contribution >= 4 is 34.0 Å². The molecule has 0 spiro atoms. The fraction of sp³-hybridized carbons (Fsp3) is 0.333. The number of aromatic nitrogens is 1. The second-order valence-corrected chi connectivity index (χ2v) is 6.84. The van der Waals surface area contributed by atoms with Gasteiger partial charge in [-0.2, -0.15) is 0 Å². The molecule has 3 rings (SSSR count). The first-order valence-corrected chi connectivity index (χ1v) is 7.79. The average Bonchev–Trinajstić information content (AvgIpc) is 2.76. The molecular weight excluding hydrogens is 292 g/mol. The van der Waals surface area contributed by atoms with E-state index in [1.807, 2.05) is 31.2 Å². The van der Waals surface area contributed by atoms with Crippen molar-refractivity contribution in [2.75, 3.05) is 5.32 Å². The van der Waals surface area contributed by atoms with Crippen molar-refractivity contribution in [3.63, 3.8) is 0 Å². The van der Waals surface area contributed by atoms with Gasteiger partial charge in [-0.3, -0.25) is 4.79 Å². The van der Waals surface area contributed by atoms with Gasteiger partial charge < -0.3 is 5.32 Å². The van der Waals surface area contributed by atoms with E-state index in [1.165, 1.54) is 11.3 Å². The van der Waals surface area contributed by atoms with Crippen LogP contribution in [0.5, 0.6) is 0 Å². The van der Waals surface area contributed by atoms with Crippen LogP contribution < -0.4 is 5.32 Å². The molecule has 1 heterocycles. The summed E-state index contributed by atoms with van der Waals surface area (Å²) in [6, 6.07) is 7.60. The summed E-state index contributed by atoms with van der Waals surface area (Å²) in [6.45, 7) is 1.98. The second-order valence-electron chi connectivity index (χ2n) is 5.17. The summed E-state index contributed by atoms with van der Waals surface area (Å²) < 4.78 is 0. The maximum Gasteiger partial charge on any atom is 0.236 e. The summed E-state index contributed by atoms with van der Waals surface area (Å²) in [7, 11) is 0. The highest BCUT2D eigenvalue weighted by Crippen LogP contribution is 2.45. The molecule has 3 nitrogen and oxygen atoms in total. The number of carbonyl (C=O) groups excluding carboxylic acids is 1. The molecule has 1 aromatic carbocycles. The number of hydrogen-bond acceptors (Lipinski definition) is 3. The van der Waals surface area contributed by atoms with E-state index >= 15 is 0 Å². The van der Waals surface area contributed by atoms with Gasteiger partial charge in [0.05, 0.1) is 5.41 Å². The number of anilines is 1. The number of rotatable bonds is 3. The SMILES string of the molecule is Cc1cnc(NC(=O)C2(c3ccc(Cl)cc3)CCC2)s1. The predicted molar refractivity (Wildman–Crippen MR) is 82.5 cm³/mol. The lowest BCUT2D eigenvalue weighted by molar-refractivity contribution is -0.124. The van der Waals surface area contributed by atoms with E-state index in [0.29, 0.717) is 10.2 Å². The molecule has 0 bridgehead atoms. The van der Waals surface area contributed by atoms with Crippen LogP contribution in [0.15, 0.2) is 30.5 Å². The van der Waals surface area contributed by atoms with Crippen molar-refractivity contribution in [2.45, 2.75) is 31.6 Å². The number of nitrogens with one attached hydrogen (secondary N) is 1. The third-order valence-corrected chi connectivity index (χ3v) is 4.96. The zero-order chi connectivity index (χ0) is 14.2. The van der Waals surface area contributed by atoms with Crippen LogP contribution in [0, 0.1) is 6.92 Å². The highest BCUT2D eigenvalue weighted by atomic mass is 35.5. The summed E-state index contributed by atoms with van der Waals surface area (Å²) in [5.74, 6) is 0.0421. The Bertz CT molecular complexity index is 632. The molecule has 104 valence electrons. The van der Waals surface area contributed by atoms with Crippen molar-refractivity contribution in [1.29, 1.82) is 0 Å². The number of benzene rings is 1. The van der Waals surface area contributed by atoms with E-state index in [2.05, 4.69) is 10.3 Å². The predicted octanol–water partition coefficient (Wildman–Crippen LogP) is 4.17. The molecular formula is C15H15ClN2OS. The zero-order valence-corrected chi connectivity index (χ0v) is 12.7. The van der Waals surface area contributed by atoms with Crippen LogP contribution in [0.3, 0.4) is 0 Å². The molecule has 0 aliphatic heterocycles. The van der Waals surface area contributed by atoms with Crippen molar-refractivity contribution in [3.8, 4) is 0 Å². The summed E-state index contributed by atoms with van der Waals surface area (Å²) in [4.78, 5) is 17.9. The molecule has 1 N–H and O–H groups in total. The maximum absolute atomic E-state index is 12.6. The first-order chi connectivity index (χ1) is 9.60. The lowest BCUT2D eigenvalue weighted by Gasteiger charge is -2.40. The number of amides is 1. The van der Waals surface area contributed by atoms with E-state index in [0.717, 1.165) is 29.7 Å². The summed E-state index contributed by atoms with van der Waals surface area (Å²) in [6.07, 6.45) is 4.61. The smallest absolute Gasteiger partial charge is 0.236 e. The van der Waals surface area contributed by atoms with E-state index in [9.17, 15) is 4.79 Å². The third-order valence-electron chi connectivity index (χ3n) is 3.88. The van der Waals surface area contributed by atoms with E-state index < -0.39 is 5.41 Å². The van der Waals surface area contributed by atoms with E-state index in [1.54, 1.807) is 6.20 Å². The molecule has 1 aliphatic carbocycles. The highest BCUT2D eigenvalue weighted by molar-refractivity contribution is 7.15. The van der Waals surface area contributed by atoms with Gasteiger partial charge in [0, 0.05) is 16.1 Å². The van der Waals surface area contributed by atoms with Crippen LogP contribution in [0.4, 0.5) is 5.13 Å². The Morgan fingerprint density at radius 1 is 1.35 bits per heavy atom. The van der Waals surface area contributed by atoms with Crippen LogP contribution in [0.25, 0.3) is 0 Å². The number of halogens is 1. The standard InChI is InChI=1S/C15H15ClN2OS/c1-10-9-17-14(20-10)18-13(19)15(7-2-8-15)11-3-5-12(16)6-4-11/h3-6,9H,2,7-8H2,1H3,(H,17,18,19). The molecule has 0 radical (unpaired) electrons. The number of carbonyl (C=O) groups is 1. The quantitative estimate of drug-likeness (QED) is 0.925. The minimum absolute atomic E-state index is 0.0421. The van der Waals surface area contributed by atoms with Crippen molar-refractivity contribution in [3.05, 3.63) is 45.9 Å². The number of aryl methyl sites for hydroxylation is 1. The van der Waals surface area contributed by atoms with Crippen LogP contribution in [0.2, 0.25) is 5.02 Å². The van der Waals surface area contributed by atoms with Gasteiger partial charge >= 0.3 is 0 Å². The van der Waals surface area contributed by atoms with Crippen molar-refractivity contribution < 1.29 is 4.79 Å². The topological polar surface area (TPSA) is 42.0 Å². The second kappa shape index (κ2) is 5.19. The van der Waals surface area contributed by atoms with Gasteiger partial charge in [0.2, 0.25) is 5.91 Å². The van der Waals surface area contributed by atoms with Crippen molar-refractivity contribution in [2.24, 2.45) is 0 Å². The molecule has 1 saturated carbocycles.